The molecule has 0 aliphatic rings. The molecule has 0 atom stereocenters. The normalized spacial score (nSPS) is 10.2. The number of nitrogens with zero attached hydrogens (tertiary/aromatic N) is 1. The molecule has 1 heterocycles. The summed E-state index contributed by atoms with van der Waals surface area (Å²) in [6, 6.07) is 7.63. The fraction of sp³-hybridized carbons (Fsp3) is 0. The maximum absolute atomic E-state index is 5.56. The maximum Gasteiger partial charge on any atom is 0.229 e. The van der Waals surface area contributed by atoms with Crippen LogP contribution in [0.1, 0.15) is 0 Å². The van der Waals surface area contributed by atoms with Gasteiger partial charge >= 0.3 is 0 Å². The Morgan fingerprint density at radius 1 is 1.23 bits per heavy atom. The van der Waals surface area contributed by atoms with Gasteiger partial charge in [-0.05, 0) is 17.7 Å². The summed E-state index contributed by atoms with van der Waals surface area (Å²) in [6.07, 6.45) is 1.60. The summed E-state index contributed by atoms with van der Waals surface area (Å²) in [6.45, 7) is 0. The molecule has 0 radical (unpaired) electrons. The third-order valence-electron chi connectivity index (χ3n) is 1.78. The minimum absolute atomic E-state index is 0.340. The van der Waals surface area contributed by atoms with E-state index in [1.165, 1.54) is 0 Å². The zero-order valence-electron chi connectivity index (χ0n) is 6.77. The van der Waals surface area contributed by atoms with Crippen LogP contribution in [0.15, 0.2) is 39.9 Å². The number of aromatic nitrogens is 1. The first-order valence-corrected chi connectivity index (χ1v) is 4.21. The first kappa shape index (κ1) is 8.19. The Hall–Kier alpha value is -1.42. The van der Waals surface area contributed by atoms with Crippen LogP contribution in [0.25, 0.3) is 11.1 Å². The summed E-state index contributed by atoms with van der Waals surface area (Å²) in [5, 5.41) is 3.60. The van der Waals surface area contributed by atoms with Crippen molar-refractivity contribution in [3.8, 4) is 11.1 Å². The van der Waals surface area contributed by atoms with Crippen LogP contribution in [0.2, 0.25) is 0 Å². The van der Waals surface area contributed by atoms with Crippen LogP contribution in [-0.4, -0.2) is 5.16 Å². The van der Waals surface area contributed by atoms with Crippen molar-refractivity contribution in [2.45, 2.75) is 4.90 Å². The number of nitrogen functional groups attached to an aromatic ring is 1. The highest BCUT2D eigenvalue weighted by Gasteiger charge is 2.05. The molecule has 3 nitrogen and oxygen atoms in total. The highest BCUT2D eigenvalue weighted by Crippen LogP contribution is 2.25. The van der Waals surface area contributed by atoms with Gasteiger partial charge < -0.3 is 10.3 Å². The van der Waals surface area contributed by atoms with Gasteiger partial charge in [0.25, 0.3) is 0 Å². The van der Waals surface area contributed by atoms with E-state index in [0.29, 0.717) is 5.88 Å². The van der Waals surface area contributed by atoms with Crippen molar-refractivity contribution in [3.63, 3.8) is 0 Å². The fourth-order valence-corrected chi connectivity index (χ4v) is 1.26. The topological polar surface area (TPSA) is 52.0 Å². The minimum atomic E-state index is 0.340. The summed E-state index contributed by atoms with van der Waals surface area (Å²) in [4.78, 5) is 0.916. The molecule has 0 bridgehead atoms. The van der Waals surface area contributed by atoms with E-state index in [4.69, 9.17) is 10.3 Å². The Labute approximate surface area is 80.9 Å². The molecule has 2 N–H and O–H groups in total. The van der Waals surface area contributed by atoms with E-state index in [1.807, 2.05) is 24.3 Å². The molecule has 0 aliphatic carbocycles. The molecule has 0 amide bonds. The van der Waals surface area contributed by atoms with Gasteiger partial charge in [-0.3, -0.25) is 0 Å². The Morgan fingerprint density at radius 3 is 2.46 bits per heavy atom. The molecular formula is C9H8N2OS. The van der Waals surface area contributed by atoms with Gasteiger partial charge in [-0.25, -0.2) is 0 Å². The molecular weight excluding hydrogens is 184 g/mol. The second kappa shape index (κ2) is 3.14. The van der Waals surface area contributed by atoms with Crippen molar-refractivity contribution < 1.29 is 4.52 Å². The van der Waals surface area contributed by atoms with Gasteiger partial charge in [0.1, 0.15) is 0 Å². The van der Waals surface area contributed by atoms with Crippen LogP contribution in [0.3, 0.4) is 0 Å². The molecule has 4 heteroatoms. The van der Waals surface area contributed by atoms with E-state index in [0.717, 1.165) is 16.0 Å². The first-order valence-electron chi connectivity index (χ1n) is 3.77. The monoisotopic (exact) mass is 192 g/mol. The summed E-state index contributed by atoms with van der Waals surface area (Å²) in [5.41, 5.74) is 7.36. The van der Waals surface area contributed by atoms with Crippen molar-refractivity contribution in [3.05, 3.63) is 30.5 Å². The molecule has 2 rings (SSSR count). The fourth-order valence-electron chi connectivity index (χ4n) is 1.11. The Balaban J connectivity index is 2.47. The Kier molecular flexibility index (Phi) is 1.98. The maximum atomic E-state index is 5.56. The number of nitrogens with two attached hydrogens (primary N) is 1. The highest BCUT2D eigenvalue weighted by molar-refractivity contribution is 7.80. The van der Waals surface area contributed by atoms with Crippen LogP contribution in [0.4, 0.5) is 5.88 Å². The predicted octanol–water partition coefficient (Wildman–Crippen LogP) is 2.21. The number of anilines is 1. The van der Waals surface area contributed by atoms with Gasteiger partial charge in [-0.1, -0.05) is 17.3 Å². The number of hydrogen-bond acceptors (Lipinski definition) is 4. The van der Waals surface area contributed by atoms with E-state index in [-0.39, 0.29) is 0 Å². The van der Waals surface area contributed by atoms with Crippen LogP contribution >= 0.6 is 12.6 Å². The van der Waals surface area contributed by atoms with E-state index in [2.05, 4.69) is 17.8 Å². The minimum Gasteiger partial charge on any atom is -0.367 e. The van der Waals surface area contributed by atoms with E-state index in [9.17, 15) is 0 Å². The molecule has 1 aromatic carbocycles. The zero-order chi connectivity index (χ0) is 9.26. The number of benzene rings is 1. The summed E-state index contributed by atoms with van der Waals surface area (Å²) < 4.78 is 4.76. The number of rotatable bonds is 1. The van der Waals surface area contributed by atoms with Gasteiger partial charge in [0.05, 0.1) is 11.8 Å². The summed E-state index contributed by atoms with van der Waals surface area (Å²) in [5.74, 6) is 0.340. The largest absolute Gasteiger partial charge is 0.367 e. The van der Waals surface area contributed by atoms with Crippen LogP contribution in [0, 0.1) is 0 Å². The molecule has 0 unspecified atom stereocenters. The highest BCUT2D eigenvalue weighted by atomic mass is 32.1. The number of thiol groups is 1. The van der Waals surface area contributed by atoms with Gasteiger partial charge in [-0.15, -0.1) is 12.6 Å². The van der Waals surface area contributed by atoms with Crippen LogP contribution < -0.4 is 5.73 Å². The summed E-state index contributed by atoms with van der Waals surface area (Å²) in [7, 11) is 0. The van der Waals surface area contributed by atoms with Crippen LogP contribution in [0.5, 0.6) is 0 Å². The lowest BCUT2D eigenvalue weighted by molar-refractivity contribution is 0.436. The third kappa shape index (κ3) is 1.53. The van der Waals surface area contributed by atoms with Gasteiger partial charge in [0, 0.05) is 4.90 Å². The van der Waals surface area contributed by atoms with Crippen molar-refractivity contribution >= 4 is 18.5 Å². The van der Waals surface area contributed by atoms with Gasteiger partial charge in [0.15, 0.2) is 0 Å². The molecule has 1 aromatic heterocycles. The average molecular weight is 192 g/mol. The molecule has 13 heavy (non-hydrogen) atoms. The van der Waals surface area contributed by atoms with Crippen molar-refractivity contribution in [2.75, 3.05) is 5.73 Å². The lowest BCUT2D eigenvalue weighted by Crippen LogP contribution is -1.83. The second-order valence-corrected chi connectivity index (χ2v) is 3.17. The third-order valence-corrected chi connectivity index (χ3v) is 2.07. The molecule has 0 saturated heterocycles. The van der Waals surface area contributed by atoms with E-state index in [1.54, 1.807) is 6.20 Å². The molecule has 0 spiro atoms. The molecule has 0 aliphatic heterocycles. The molecule has 0 saturated carbocycles. The van der Waals surface area contributed by atoms with Crippen molar-refractivity contribution in [1.29, 1.82) is 0 Å². The molecule has 66 valence electrons. The van der Waals surface area contributed by atoms with E-state index >= 15 is 0 Å². The predicted molar refractivity (Wildman–Crippen MR) is 53.6 cm³/mol. The second-order valence-electron chi connectivity index (χ2n) is 2.65. The first-order chi connectivity index (χ1) is 6.27. The Bertz CT molecular complexity index is 408. The molecule has 0 fully saturated rings. The van der Waals surface area contributed by atoms with Gasteiger partial charge in [0.2, 0.25) is 5.88 Å². The SMILES string of the molecule is Nc1oncc1-c1ccc(S)cc1. The average Bonchev–Trinajstić information content (AvgIpc) is 2.53. The quantitative estimate of drug-likeness (QED) is 0.681. The Morgan fingerprint density at radius 2 is 1.92 bits per heavy atom. The number of hydrogen-bond donors (Lipinski definition) is 2. The summed E-state index contributed by atoms with van der Waals surface area (Å²) >= 11 is 4.18. The van der Waals surface area contributed by atoms with Gasteiger partial charge in [-0.2, -0.15) is 0 Å². The van der Waals surface area contributed by atoms with Crippen molar-refractivity contribution in [1.82, 2.24) is 5.16 Å². The smallest absolute Gasteiger partial charge is 0.229 e. The van der Waals surface area contributed by atoms with Crippen molar-refractivity contribution in [2.24, 2.45) is 0 Å². The lowest BCUT2D eigenvalue weighted by Gasteiger charge is -1.97. The lowest BCUT2D eigenvalue weighted by atomic mass is 10.1. The van der Waals surface area contributed by atoms with E-state index < -0.39 is 0 Å². The standard InChI is InChI=1S/C9H8N2OS/c10-9-8(5-11-12-9)6-1-3-7(13)4-2-6/h1-5,13H,10H2. The van der Waals surface area contributed by atoms with Crippen LogP contribution in [-0.2, 0) is 0 Å². The zero-order valence-corrected chi connectivity index (χ0v) is 7.66. The molecule has 2 aromatic rings.